The molecule has 1 aromatic heterocycles. The van der Waals surface area contributed by atoms with E-state index in [1.165, 1.54) is 0 Å². The Labute approximate surface area is 139 Å². The summed E-state index contributed by atoms with van der Waals surface area (Å²) >= 11 is 0. The molecule has 0 radical (unpaired) electrons. The fourth-order valence-electron chi connectivity index (χ4n) is 2.70. The molecule has 5 heteroatoms. The van der Waals surface area contributed by atoms with Crippen molar-refractivity contribution in [3.05, 3.63) is 60.3 Å². The van der Waals surface area contributed by atoms with E-state index in [0.717, 1.165) is 17.2 Å². The summed E-state index contributed by atoms with van der Waals surface area (Å²) in [4.78, 5) is 23.6. The Morgan fingerprint density at radius 1 is 1.17 bits per heavy atom. The lowest BCUT2D eigenvalue weighted by atomic mass is 10.2. The second-order valence-electron chi connectivity index (χ2n) is 5.32. The number of hydrogen-bond acceptors (Lipinski definition) is 3. The van der Waals surface area contributed by atoms with E-state index in [0.29, 0.717) is 23.6 Å². The van der Waals surface area contributed by atoms with Gasteiger partial charge in [0.15, 0.2) is 6.29 Å². The highest BCUT2D eigenvalue weighted by Crippen LogP contribution is 2.24. The summed E-state index contributed by atoms with van der Waals surface area (Å²) < 4.78 is 7.29. The molecule has 1 heterocycles. The molecule has 1 amide bonds. The van der Waals surface area contributed by atoms with Gasteiger partial charge >= 0.3 is 0 Å². The van der Waals surface area contributed by atoms with Gasteiger partial charge in [0, 0.05) is 22.7 Å². The predicted octanol–water partition coefficient (Wildman–Crippen LogP) is 3.49. The molecule has 0 spiro atoms. The first kappa shape index (κ1) is 15.8. The van der Waals surface area contributed by atoms with E-state index >= 15 is 0 Å². The standard InChI is InChI=1S/C19H18N2O3/c1-2-24-18-10-6-4-8-16(18)20-19(23)12-21-11-14(13-22)15-7-3-5-9-17(15)21/h3-11,13H,2,12H2,1H3,(H,20,23). The van der Waals surface area contributed by atoms with E-state index in [9.17, 15) is 9.59 Å². The lowest BCUT2D eigenvalue weighted by Crippen LogP contribution is -2.18. The lowest BCUT2D eigenvalue weighted by molar-refractivity contribution is -0.116. The molecule has 0 atom stereocenters. The number of anilines is 1. The summed E-state index contributed by atoms with van der Waals surface area (Å²) in [5.41, 5.74) is 2.07. The summed E-state index contributed by atoms with van der Waals surface area (Å²) in [7, 11) is 0. The van der Waals surface area contributed by atoms with Gasteiger partial charge in [-0.15, -0.1) is 0 Å². The van der Waals surface area contributed by atoms with Gasteiger partial charge in [-0.1, -0.05) is 30.3 Å². The van der Waals surface area contributed by atoms with Gasteiger partial charge in [0.05, 0.1) is 12.3 Å². The van der Waals surface area contributed by atoms with Crippen LogP contribution in [-0.4, -0.2) is 23.4 Å². The molecule has 3 rings (SSSR count). The van der Waals surface area contributed by atoms with Gasteiger partial charge in [0.2, 0.25) is 5.91 Å². The number of ether oxygens (including phenoxy) is 1. The molecule has 0 unspecified atom stereocenters. The Bertz CT molecular complexity index is 883. The molecule has 0 bridgehead atoms. The monoisotopic (exact) mass is 322 g/mol. The van der Waals surface area contributed by atoms with E-state index in [1.54, 1.807) is 16.8 Å². The smallest absolute Gasteiger partial charge is 0.244 e. The van der Waals surface area contributed by atoms with E-state index in [4.69, 9.17) is 4.74 Å². The number of aldehydes is 1. The second kappa shape index (κ2) is 7.00. The molecule has 0 aliphatic heterocycles. The molecule has 24 heavy (non-hydrogen) atoms. The number of amides is 1. The van der Waals surface area contributed by atoms with Gasteiger partial charge in [-0.3, -0.25) is 9.59 Å². The number of carbonyl (C=O) groups is 2. The van der Waals surface area contributed by atoms with Gasteiger partial charge in [-0.25, -0.2) is 0 Å². The zero-order valence-corrected chi connectivity index (χ0v) is 13.4. The summed E-state index contributed by atoms with van der Waals surface area (Å²) in [6.45, 7) is 2.54. The van der Waals surface area contributed by atoms with E-state index in [1.807, 2.05) is 49.4 Å². The van der Waals surface area contributed by atoms with Crippen LogP contribution in [0.2, 0.25) is 0 Å². The number of carbonyl (C=O) groups excluding carboxylic acids is 2. The van der Waals surface area contributed by atoms with E-state index in [-0.39, 0.29) is 12.5 Å². The minimum Gasteiger partial charge on any atom is -0.492 e. The molecular formula is C19H18N2O3. The van der Waals surface area contributed by atoms with Crippen molar-refractivity contribution in [3.8, 4) is 5.75 Å². The van der Waals surface area contributed by atoms with E-state index < -0.39 is 0 Å². The topological polar surface area (TPSA) is 60.3 Å². The summed E-state index contributed by atoms with van der Waals surface area (Å²) in [6.07, 6.45) is 2.51. The number of fused-ring (bicyclic) bond motifs is 1. The zero-order valence-electron chi connectivity index (χ0n) is 13.4. The van der Waals surface area contributed by atoms with Crippen LogP contribution < -0.4 is 10.1 Å². The SMILES string of the molecule is CCOc1ccccc1NC(=O)Cn1cc(C=O)c2ccccc21. The van der Waals surface area contributed by atoms with Crippen molar-refractivity contribution in [1.29, 1.82) is 0 Å². The van der Waals surface area contributed by atoms with Gasteiger partial charge in [-0.05, 0) is 25.1 Å². The van der Waals surface area contributed by atoms with Gasteiger partial charge in [0.25, 0.3) is 0 Å². The second-order valence-corrected chi connectivity index (χ2v) is 5.32. The molecule has 3 aromatic rings. The summed E-state index contributed by atoms with van der Waals surface area (Å²) in [6, 6.07) is 14.8. The number of nitrogens with one attached hydrogen (secondary N) is 1. The van der Waals surface area contributed by atoms with Crippen molar-refractivity contribution >= 4 is 28.8 Å². The molecule has 122 valence electrons. The number of hydrogen-bond donors (Lipinski definition) is 1. The van der Waals surface area contributed by atoms with Gasteiger partial charge in [0.1, 0.15) is 12.3 Å². The van der Waals surface area contributed by atoms with Crippen LogP contribution >= 0.6 is 0 Å². The number of aromatic nitrogens is 1. The Morgan fingerprint density at radius 2 is 1.92 bits per heavy atom. The molecule has 1 N–H and O–H groups in total. The average Bonchev–Trinajstić information content (AvgIpc) is 2.95. The molecule has 0 aliphatic rings. The van der Waals surface area contributed by atoms with Crippen LogP contribution in [0.5, 0.6) is 5.75 Å². The van der Waals surface area contributed by atoms with Crippen molar-refractivity contribution in [1.82, 2.24) is 4.57 Å². The van der Waals surface area contributed by atoms with Crippen LogP contribution in [0.1, 0.15) is 17.3 Å². The van der Waals surface area contributed by atoms with Crippen molar-refractivity contribution in [3.63, 3.8) is 0 Å². The summed E-state index contributed by atoms with van der Waals surface area (Å²) in [5.74, 6) is 0.458. The normalized spacial score (nSPS) is 10.5. The minimum atomic E-state index is -0.180. The van der Waals surface area contributed by atoms with Crippen LogP contribution in [0, 0.1) is 0 Å². The Morgan fingerprint density at radius 3 is 2.71 bits per heavy atom. The molecule has 0 fully saturated rings. The van der Waals surface area contributed by atoms with Crippen LogP contribution in [0.3, 0.4) is 0 Å². The zero-order chi connectivity index (χ0) is 16.9. The van der Waals surface area contributed by atoms with E-state index in [2.05, 4.69) is 5.32 Å². The maximum absolute atomic E-state index is 12.4. The Kier molecular flexibility index (Phi) is 4.61. The molecular weight excluding hydrogens is 304 g/mol. The number of rotatable bonds is 6. The highest BCUT2D eigenvalue weighted by atomic mass is 16.5. The van der Waals surface area contributed by atoms with Crippen LogP contribution in [0.4, 0.5) is 5.69 Å². The van der Waals surface area contributed by atoms with Gasteiger partial charge < -0.3 is 14.6 Å². The first-order chi connectivity index (χ1) is 11.7. The number of para-hydroxylation sites is 3. The maximum Gasteiger partial charge on any atom is 0.244 e. The van der Waals surface area contributed by atoms with Crippen LogP contribution in [-0.2, 0) is 11.3 Å². The minimum absolute atomic E-state index is 0.120. The molecule has 0 saturated carbocycles. The quantitative estimate of drug-likeness (QED) is 0.707. The maximum atomic E-state index is 12.4. The third-order valence-corrected chi connectivity index (χ3v) is 3.72. The summed E-state index contributed by atoms with van der Waals surface area (Å²) in [5, 5.41) is 3.71. The average molecular weight is 322 g/mol. The largest absolute Gasteiger partial charge is 0.492 e. The number of nitrogens with zero attached hydrogens (tertiary/aromatic N) is 1. The molecule has 0 saturated heterocycles. The molecule has 0 aliphatic carbocycles. The first-order valence-corrected chi connectivity index (χ1v) is 7.77. The van der Waals surface area contributed by atoms with Crippen molar-refractivity contribution < 1.29 is 14.3 Å². The first-order valence-electron chi connectivity index (χ1n) is 7.77. The molecule has 5 nitrogen and oxygen atoms in total. The fraction of sp³-hybridized carbons (Fsp3) is 0.158. The third kappa shape index (κ3) is 3.15. The van der Waals surface area contributed by atoms with Crippen molar-refractivity contribution in [2.45, 2.75) is 13.5 Å². The Balaban J connectivity index is 1.82. The highest BCUT2D eigenvalue weighted by molar-refractivity contribution is 5.99. The third-order valence-electron chi connectivity index (χ3n) is 3.72. The fourth-order valence-corrected chi connectivity index (χ4v) is 2.70. The predicted molar refractivity (Wildman–Crippen MR) is 93.6 cm³/mol. The van der Waals surface area contributed by atoms with Crippen molar-refractivity contribution in [2.24, 2.45) is 0 Å². The van der Waals surface area contributed by atoms with Gasteiger partial charge in [-0.2, -0.15) is 0 Å². The lowest BCUT2D eigenvalue weighted by Gasteiger charge is -2.12. The van der Waals surface area contributed by atoms with Crippen LogP contribution in [0.25, 0.3) is 10.9 Å². The van der Waals surface area contributed by atoms with Crippen molar-refractivity contribution in [2.75, 3.05) is 11.9 Å². The Hall–Kier alpha value is -3.08. The molecule has 2 aromatic carbocycles. The number of benzene rings is 2. The van der Waals surface area contributed by atoms with Crippen LogP contribution in [0.15, 0.2) is 54.7 Å². The highest BCUT2D eigenvalue weighted by Gasteiger charge is 2.12.